The minimum atomic E-state index is -0.939. The number of hydrogen-bond acceptors (Lipinski definition) is 7. The van der Waals surface area contributed by atoms with Gasteiger partial charge in [-0.2, -0.15) is 0 Å². The molecule has 0 saturated carbocycles. The van der Waals surface area contributed by atoms with Gasteiger partial charge >= 0.3 is 0 Å². The van der Waals surface area contributed by atoms with Gasteiger partial charge in [-0.1, -0.05) is 13.8 Å². The summed E-state index contributed by atoms with van der Waals surface area (Å²) in [5.74, 6) is 0.437. The van der Waals surface area contributed by atoms with Crippen LogP contribution in [0, 0.1) is 5.92 Å². The van der Waals surface area contributed by atoms with Crippen molar-refractivity contribution in [3.05, 3.63) is 0 Å². The number of hydrogen-bond donors (Lipinski definition) is 1. The van der Waals surface area contributed by atoms with Crippen molar-refractivity contribution in [2.75, 3.05) is 13.2 Å². The van der Waals surface area contributed by atoms with Gasteiger partial charge in [0.2, 0.25) is 11.8 Å². The molecule has 0 aromatic rings. The van der Waals surface area contributed by atoms with Crippen molar-refractivity contribution in [3.8, 4) is 0 Å². The van der Waals surface area contributed by atoms with Crippen LogP contribution in [-0.2, 0) is 18.9 Å². The summed E-state index contributed by atoms with van der Waals surface area (Å²) >= 11 is 0. The second-order valence-electron chi connectivity index (χ2n) is 7.23. The van der Waals surface area contributed by atoms with E-state index in [1.165, 1.54) is 0 Å². The predicted molar refractivity (Wildman–Crippen MR) is 96.0 cm³/mol. The highest BCUT2D eigenvalue weighted by atomic mass is 16.8. The van der Waals surface area contributed by atoms with Crippen molar-refractivity contribution in [3.63, 3.8) is 0 Å². The summed E-state index contributed by atoms with van der Waals surface area (Å²) in [5.41, 5.74) is 0. The minimum Gasteiger partial charge on any atom is -0.480 e. The zero-order valence-corrected chi connectivity index (χ0v) is 16.4. The molecule has 0 spiro atoms. The van der Waals surface area contributed by atoms with E-state index in [0.29, 0.717) is 25.0 Å². The first-order valence-electron chi connectivity index (χ1n) is 9.14. The molecule has 2 aliphatic heterocycles. The molecule has 0 aliphatic carbocycles. The molecule has 2 rings (SSSR count). The topological polar surface area (TPSA) is 81.9 Å². The zero-order chi connectivity index (χ0) is 18.8. The fourth-order valence-electron chi connectivity index (χ4n) is 3.23. The van der Waals surface area contributed by atoms with Crippen LogP contribution in [0.4, 0.5) is 0 Å². The van der Waals surface area contributed by atoms with Crippen LogP contribution in [0.1, 0.15) is 48.5 Å². The third kappa shape index (κ3) is 4.51. The SMILES string of the molecule is CCOC1=N[C@@H]([C@@H](O)[C@H]2OC(C)(C)O[C@@H]2C)C(OCC)=N[C@H]1C(C)C. The van der Waals surface area contributed by atoms with Crippen LogP contribution in [0.25, 0.3) is 0 Å². The molecule has 5 atom stereocenters. The second-order valence-corrected chi connectivity index (χ2v) is 7.23. The van der Waals surface area contributed by atoms with Crippen molar-refractivity contribution in [2.45, 2.75) is 84.6 Å². The number of ether oxygens (including phenoxy) is 4. The summed E-state index contributed by atoms with van der Waals surface area (Å²) in [4.78, 5) is 9.34. The van der Waals surface area contributed by atoms with Crippen LogP contribution in [0.5, 0.6) is 0 Å². The number of aliphatic hydroxyl groups excluding tert-OH is 1. The molecular formula is C18H32N2O5. The lowest BCUT2D eigenvalue weighted by atomic mass is 9.98. The van der Waals surface area contributed by atoms with Crippen molar-refractivity contribution in [1.29, 1.82) is 0 Å². The molecule has 0 unspecified atom stereocenters. The van der Waals surface area contributed by atoms with E-state index in [0.717, 1.165) is 0 Å². The van der Waals surface area contributed by atoms with E-state index in [4.69, 9.17) is 18.9 Å². The van der Waals surface area contributed by atoms with Crippen LogP contribution < -0.4 is 0 Å². The van der Waals surface area contributed by atoms with Gasteiger partial charge in [-0.25, -0.2) is 9.98 Å². The van der Waals surface area contributed by atoms with Crippen molar-refractivity contribution in [2.24, 2.45) is 15.9 Å². The Balaban J connectivity index is 2.30. The largest absolute Gasteiger partial charge is 0.480 e. The summed E-state index contributed by atoms with van der Waals surface area (Å²) in [6.07, 6.45) is -1.72. The minimum absolute atomic E-state index is 0.209. The predicted octanol–water partition coefficient (Wildman–Crippen LogP) is 2.16. The summed E-state index contributed by atoms with van der Waals surface area (Å²) in [6.45, 7) is 14.4. The van der Waals surface area contributed by atoms with Gasteiger partial charge in [0.25, 0.3) is 0 Å². The normalized spacial score (nSPS) is 33.0. The Morgan fingerprint density at radius 2 is 1.56 bits per heavy atom. The fourth-order valence-corrected chi connectivity index (χ4v) is 3.23. The highest BCUT2D eigenvalue weighted by molar-refractivity contribution is 5.94. The Morgan fingerprint density at radius 3 is 2.00 bits per heavy atom. The van der Waals surface area contributed by atoms with E-state index in [1.54, 1.807) is 0 Å². The molecule has 2 aliphatic rings. The van der Waals surface area contributed by atoms with Crippen LogP contribution in [0.3, 0.4) is 0 Å². The molecule has 25 heavy (non-hydrogen) atoms. The molecule has 0 aromatic carbocycles. The third-order valence-corrected chi connectivity index (χ3v) is 4.27. The van der Waals surface area contributed by atoms with Crippen LogP contribution in [0.2, 0.25) is 0 Å². The van der Waals surface area contributed by atoms with E-state index in [2.05, 4.69) is 23.8 Å². The second kappa shape index (κ2) is 8.01. The standard InChI is InChI=1S/C18H32N2O5/c1-8-22-16-12(10(3)4)19-17(23-9-2)13(20-16)14(21)15-11(5)24-18(6,7)25-15/h10-15,21H,8-9H2,1-7H3/t11-,12+,13+,14-,15+/m1/s1. The fraction of sp³-hybridized carbons (Fsp3) is 0.889. The Labute approximate surface area is 150 Å². The van der Waals surface area contributed by atoms with Crippen LogP contribution >= 0.6 is 0 Å². The molecule has 1 fully saturated rings. The Hall–Kier alpha value is -1.18. The maximum Gasteiger partial charge on any atom is 0.212 e. The first kappa shape index (κ1) is 20.1. The smallest absolute Gasteiger partial charge is 0.212 e. The van der Waals surface area contributed by atoms with Gasteiger partial charge in [0, 0.05) is 0 Å². The summed E-state index contributed by atoms with van der Waals surface area (Å²) < 4.78 is 23.0. The Morgan fingerprint density at radius 1 is 1.04 bits per heavy atom. The first-order chi connectivity index (χ1) is 11.7. The maximum atomic E-state index is 11.0. The van der Waals surface area contributed by atoms with Crippen LogP contribution in [0.15, 0.2) is 9.98 Å². The molecule has 0 aromatic heterocycles. The van der Waals surface area contributed by atoms with Gasteiger partial charge < -0.3 is 24.1 Å². The van der Waals surface area contributed by atoms with Gasteiger partial charge in [0.05, 0.1) is 19.3 Å². The number of rotatable bonds is 5. The Bertz CT molecular complexity index is 518. The van der Waals surface area contributed by atoms with Gasteiger partial charge in [-0.3, -0.25) is 0 Å². The van der Waals surface area contributed by atoms with E-state index >= 15 is 0 Å². The van der Waals surface area contributed by atoms with E-state index < -0.39 is 24.0 Å². The average molecular weight is 356 g/mol. The molecule has 7 nitrogen and oxygen atoms in total. The molecule has 1 saturated heterocycles. The molecule has 144 valence electrons. The molecular weight excluding hydrogens is 324 g/mol. The first-order valence-corrected chi connectivity index (χ1v) is 9.14. The van der Waals surface area contributed by atoms with E-state index in [1.807, 2.05) is 34.6 Å². The number of aliphatic hydroxyl groups is 1. The quantitative estimate of drug-likeness (QED) is 0.816. The number of aliphatic imine (C=N–C) groups is 2. The molecule has 7 heteroatoms. The van der Waals surface area contributed by atoms with E-state index in [-0.39, 0.29) is 18.1 Å². The molecule has 0 bridgehead atoms. The van der Waals surface area contributed by atoms with Gasteiger partial charge in [0.1, 0.15) is 18.2 Å². The molecule has 0 amide bonds. The summed E-state index contributed by atoms with van der Waals surface area (Å²) in [5, 5.41) is 11.0. The maximum absolute atomic E-state index is 11.0. The average Bonchev–Trinajstić information content (AvgIpc) is 2.80. The lowest BCUT2D eigenvalue weighted by Crippen LogP contribution is -2.49. The van der Waals surface area contributed by atoms with Gasteiger partial charge in [-0.05, 0) is 40.5 Å². The molecule has 2 heterocycles. The van der Waals surface area contributed by atoms with Crippen molar-refractivity contribution < 1.29 is 24.1 Å². The highest BCUT2D eigenvalue weighted by Crippen LogP contribution is 2.32. The van der Waals surface area contributed by atoms with Crippen molar-refractivity contribution in [1.82, 2.24) is 0 Å². The van der Waals surface area contributed by atoms with E-state index in [9.17, 15) is 5.11 Å². The molecule has 0 radical (unpaired) electrons. The van der Waals surface area contributed by atoms with Gasteiger partial charge in [0.15, 0.2) is 11.8 Å². The lowest BCUT2D eigenvalue weighted by molar-refractivity contribution is -0.154. The monoisotopic (exact) mass is 356 g/mol. The van der Waals surface area contributed by atoms with Crippen molar-refractivity contribution >= 4 is 11.8 Å². The van der Waals surface area contributed by atoms with Crippen LogP contribution in [-0.4, -0.2) is 66.3 Å². The Kier molecular flexibility index (Phi) is 6.45. The molecule has 1 N–H and O–H groups in total. The number of nitrogens with zero attached hydrogens (tertiary/aromatic N) is 2. The van der Waals surface area contributed by atoms with Gasteiger partial charge in [-0.15, -0.1) is 0 Å². The highest BCUT2D eigenvalue weighted by Gasteiger charge is 2.47. The third-order valence-electron chi connectivity index (χ3n) is 4.27. The lowest BCUT2D eigenvalue weighted by Gasteiger charge is -2.32. The zero-order valence-electron chi connectivity index (χ0n) is 16.4. The summed E-state index contributed by atoms with van der Waals surface area (Å²) in [6, 6.07) is -0.874. The summed E-state index contributed by atoms with van der Waals surface area (Å²) in [7, 11) is 0.